The zero-order valence-electron chi connectivity index (χ0n) is 13.3. The summed E-state index contributed by atoms with van der Waals surface area (Å²) in [5, 5.41) is 7.19. The van der Waals surface area contributed by atoms with Crippen LogP contribution in [0.3, 0.4) is 0 Å². The molecule has 0 radical (unpaired) electrons. The number of hydrazone groups is 1. The number of amides is 1. The van der Waals surface area contributed by atoms with Crippen LogP contribution in [0.15, 0.2) is 58.1 Å². The maximum absolute atomic E-state index is 11.8. The molecule has 5 heteroatoms. The summed E-state index contributed by atoms with van der Waals surface area (Å²) in [6, 6.07) is 15.8. The maximum atomic E-state index is 11.8. The lowest BCUT2D eigenvalue weighted by Gasteiger charge is -2.06. The largest absolute Gasteiger partial charge is 0.376 e. The third kappa shape index (κ3) is 5.53. The van der Waals surface area contributed by atoms with Crippen LogP contribution in [-0.4, -0.2) is 18.2 Å². The molecule has 2 N–H and O–H groups in total. The molecule has 0 aliphatic rings. The fraction of sp³-hybridized carbons (Fsp3) is 0.222. The lowest BCUT2D eigenvalue weighted by molar-refractivity contribution is -0.119. The number of aryl methyl sites for hydroxylation is 1. The Labute approximate surface area is 145 Å². The van der Waals surface area contributed by atoms with E-state index in [0.717, 1.165) is 27.9 Å². The number of anilines is 1. The molecule has 0 aromatic heterocycles. The average molecular weight is 374 g/mol. The van der Waals surface area contributed by atoms with Crippen LogP contribution in [0.5, 0.6) is 0 Å². The quantitative estimate of drug-likeness (QED) is 0.594. The van der Waals surface area contributed by atoms with Crippen LogP contribution >= 0.6 is 15.9 Å². The number of rotatable bonds is 6. The Morgan fingerprint density at radius 3 is 2.35 bits per heavy atom. The number of nitrogens with one attached hydrogen (secondary N) is 2. The molecule has 0 saturated heterocycles. The highest BCUT2D eigenvalue weighted by Gasteiger charge is 2.02. The normalized spacial score (nSPS) is 11.2. The predicted octanol–water partition coefficient (Wildman–Crippen LogP) is 3.96. The van der Waals surface area contributed by atoms with Gasteiger partial charge in [-0.1, -0.05) is 47.1 Å². The summed E-state index contributed by atoms with van der Waals surface area (Å²) in [6.07, 6.45) is 1.01. The number of halogens is 1. The van der Waals surface area contributed by atoms with E-state index in [9.17, 15) is 4.79 Å². The fourth-order valence-corrected chi connectivity index (χ4v) is 2.25. The first-order chi connectivity index (χ1) is 11.1. The first kappa shape index (κ1) is 17.2. The number of nitrogens with zero attached hydrogens (tertiary/aromatic N) is 1. The van der Waals surface area contributed by atoms with Gasteiger partial charge in [0.05, 0.1) is 12.3 Å². The van der Waals surface area contributed by atoms with Crippen LogP contribution in [-0.2, 0) is 11.2 Å². The van der Waals surface area contributed by atoms with Crippen molar-refractivity contribution in [3.63, 3.8) is 0 Å². The topological polar surface area (TPSA) is 53.5 Å². The summed E-state index contributed by atoms with van der Waals surface area (Å²) >= 11 is 3.37. The molecule has 0 aliphatic heterocycles. The van der Waals surface area contributed by atoms with Gasteiger partial charge in [-0.2, -0.15) is 5.10 Å². The lowest BCUT2D eigenvalue weighted by Crippen LogP contribution is -2.26. The maximum Gasteiger partial charge on any atom is 0.259 e. The van der Waals surface area contributed by atoms with Crippen LogP contribution in [0, 0.1) is 0 Å². The molecule has 0 saturated carbocycles. The summed E-state index contributed by atoms with van der Waals surface area (Å²) < 4.78 is 1.00. The van der Waals surface area contributed by atoms with Crippen LogP contribution in [0.4, 0.5) is 5.69 Å². The van der Waals surface area contributed by atoms with Crippen molar-refractivity contribution in [2.75, 3.05) is 11.9 Å². The van der Waals surface area contributed by atoms with E-state index in [2.05, 4.69) is 50.8 Å². The zero-order chi connectivity index (χ0) is 16.7. The zero-order valence-corrected chi connectivity index (χ0v) is 14.9. The van der Waals surface area contributed by atoms with Crippen molar-refractivity contribution in [1.29, 1.82) is 0 Å². The highest BCUT2D eigenvalue weighted by Crippen LogP contribution is 2.13. The molecule has 23 heavy (non-hydrogen) atoms. The third-order valence-electron chi connectivity index (χ3n) is 3.43. The van der Waals surface area contributed by atoms with E-state index in [1.165, 1.54) is 5.56 Å². The summed E-state index contributed by atoms with van der Waals surface area (Å²) in [7, 11) is 0. The van der Waals surface area contributed by atoms with E-state index in [0.29, 0.717) is 0 Å². The molecule has 0 unspecified atom stereocenters. The van der Waals surface area contributed by atoms with Crippen molar-refractivity contribution in [3.8, 4) is 0 Å². The Bertz CT molecular complexity index is 678. The Morgan fingerprint density at radius 1 is 1.09 bits per heavy atom. The minimum absolute atomic E-state index is 0.174. The molecule has 2 aromatic carbocycles. The van der Waals surface area contributed by atoms with E-state index >= 15 is 0 Å². The molecule has 120 valence electrons. The van der Waals surface area contributed by atoms with E-state index in [1.807, 2.05) is 43.3 Å². The number of carbonyl (C=O) groups is 1. The molecule has 2 rings (SSSR count). The van der Waals surface area contributed by atoms with Gasteiger partial charge in [0.2, 0.25) is 0 Å². The van der Waals surface area contributed by atoms with Crippen molar-refractivity contribution >= 4 is 33.2 Å². The molecule has 0 bridgehead atoms. The van der Waals surface area contributed by atoms with Crippen molar-refractivity contribution in [1.82, 2.24) is 5.43 Å². The highest BCUT2D eigenvalue weighted by atomic mass is 79.9. The van der Waals surface area contributed by atoms with Gasteiger partial charge in [-0.05, 0) is 48.7 Å². The molecule has 0 spiro atoms. The average Bonchev–Trinajstić information content (AvgIpc) is 2.59. The smallest absolute Gasteiger partial charge is 0.259 e. The monoisotopic (exact) mass is 373 g/mol. The molecule has 0 aliphatic carbocycles. The molecule has 2 aromatic rings. The second kappa shape index (κ2) is 8.48. The van der Waals surface area contributed by atoms with Crippen LogP contribution in [0.25, 0.3) is 0 Å². The van der Waals surface area contributed by atoms with Crippen LogP contribution in [0.1, 0.15) is 25.0 Å². The van der Waals surface area contributed by atoms with E-state index in [4.69, 9.17) is 0 Å². The summed E-state index contributed by atoms with van der Waals surface area (Å²) in [5.74, 6) is -0.183. The standard InChI is InChI=1S/C18H20BrN3O/c1-3-14-4-6-15(7-5-14)13(2)21-22-18(23)12-20-17-10-8-16(19)9-11-17/h4-11,20H,3,12H2,1-2H3,(H,22,23)/b21-13-. The number of hydrogen-bond acceptors (Lipinski definition) is 3. The molecule has 1 amide bonds. The van der Waals surface area contributed by atoms with Crippen molar-refractivity contribution in [2.45, 2.75) is 20.3 Å². The fourth-order valence-electron chi connectivity index (χ4n) is 1.98. The minimum atomic E-state index is -0.183. The first-order valence-corrected chi connectivity index (χ1v) is 8.29. The first-order valence-electron chi connectivity index (χ1n) is 7.50. The van der Waals surface area contributed by atoms with Crippen molar-refractivity contribution in [2.24, 2.45) is 5.10 Å². The molecular formula is C18H20BrN3O. The van der Waals surface area contributed by atoms with Crippen molar-refractivity contribution < 1.29 is 4.79 Å². The van der Waals surface area contributed by atoms with Crippen molar-refractivity contribution in [3.05, 3.63) is 64.1 Å². The Hall–Kier alpha value is -2.14. The van der Waals surface area contributed by atoms with Gasteiger partial charge in [0.15, 0.2) is 0 Å². The van der Waals surface area contributed by atoms with E-state index < -0.39 is 0 Å². The van der Waals surface area contributed by atoms with Gasteiger partial charge in [0, 0.05) is 10.2 Å². The molecular weight excluding hydrogens is 354 g/mol. The van der Waals surface area contributed by atoms with Gasteiger partial charge in [-0.3, -0.25) is 4.79 Å². The Kier molecular flexibility index (Phi) is 6.35. The second-order valence-corrected chi connectivity index (χ2v) is 6.06. The second-order valence-electron chi connectivity index (χ2n) is 5.14. The number of hydrogen-bond donors (Lipinski definition) is 2. The van der Waals surface area contributed by atoms with Gasteiger partial charge in [0.1, 0.15) is 0 Å². The van der Waals surface area contributed by atoms with Gasteiger partial charge < -0.3 is 5.32 Å². The van der Waals surface area contributed by atoms with Gasteiger partial charge in [-0.15, -0.1) is 0 Å². The van der Waals surface area contributed by atoms with E-state index in [1.54, 1.807) is 0 Å². The minimum Gasteiger partial charge on any atom is -0.376 e. The van der Waals surface area contributed by atoms with E-state index in [-0.39, 0.29) is 12.5 Å². The summed E-state index contributed by atoms with van der Waals surface area (Å²) in [4.78, 5) is 11.8. The van der Waals surface area contributed by atoms with Crippen LogP contribution < -0.4 is 10.7 Å². The van der Waals surface area contributed by atoms with Gasteiger partial charge in [0.25, 0.3) is 5.91 Å². The van der Waals surface area contributed by atoms with Crippen LogP contribution in [0.2, 0.25) is 0 Å². The SMILES string of the molecule is CCc1ccc(/C(C)=N\NC(=O)CNc2ccc(Br)cc2)cc1. The predicted molar refractivity (Wildman–Crippen MR) is 98.8 cm³/mol. The molecule has 0 heterocycles. The molecule has 0 atom stereocenters. The summed E-state index contributed by atoms with van der Waals surface area (Å²) in [6.45, 7) is 4.17. The third-order valence-corrected chi connectivity index (χ3v) is 3.95. The Morgan fingerprint density at radius 2 is 1.74 bits per heavy atom. The van der Waals surface area contributed by atoms with Gasteiger partial charge in [-0.25, -0.2) is 5.43 Å². The number of benzene rings is 2. The summed E-state index contributed by atoms with van der Waals surface area (Å²) in [5.41, 5.74) is 6.52. The number of carbonyl (C=O) groups excluding carboxylic acids is 1. The molecule has 4 nitrogen and oxygen atoms in total. The van der Waals surface area contributed by atoms with Gasteiger partial charge >= 0.3 is 0 Å². The molecule has 0 fully saturated rings. The highest BCUT2D eigenvalue weighted by molar-refractivity contribution is 9.10. The Balaban J connectivity index is 1.85. The lowest BCUT2D eigenvalue weighted by atomic mass is 10.1.